The number of fused-ring (bicyclic) bond motifs is 1. The number of hydrogen-bond donors (Lipinski definition) is 1. The van der Waals surface area contributed by atoms with Gasteiger partial charge >= 0.3 is 0 Å². The number of hydrogen-bond acceptors (Lipinski definition) is 7. The van der Waals surface area contributed by atoms with Gasteiger partial charge in [-0.25, -0.2) is 14.3 Å². The van der Waals surface area contributed by atoms with E-state index < -0.39 is 0 Å². The molecule has 0 unspecified atom stereocenters. The van der Waals surface area contributed by atoms with Crippen LogP contribution in [0.1, 0.15) is 42.3 Å². The van der Waals surface area contributed by atoms with E-state index in [0.29, 0.717) is 53.2 Å². The largest absolute Gasteiger partial charge is 0.475 e. The lowest BCUT2D eigenvalue weighted by Gasteiger charge is -2.09. The predicted octanol–water partition coefficient (Wildman–Crippen LogP) is 4.26. The molecule has 32 heavy (non-hydrogen) atoms. The van der Waals surface area contributed by atoms with E-state index in [4.69, 9.17) is 33.7 Å². The van der Waals surface area contributed by atoms with Gasteiger partial charge in [-0.15, -0.1) is 5.10 Å². The molecule has 11 heteroatoms. The fraction of sp³-hybridized carbons (Fsp3) is 0.381. The molecule has 0 aliphatic heterocycles. The molecule has 0 spiro atoms. The van der Waals surface area contributed by atoms with Crippen LogP contribution in [0, 0.1) is 13.8 Å². The third kappa shape index (κ3) is 3.86. The molecular weight excluding hydrogens is 451 g/mol. The van der Waals surface area contributed by atoms with Crippen LogP contribution in [0.5, 0.6) is 5.88 Å². The van der Waals surface area contributed by atoms with Crippen LogP contribution in [-0.2, 0) is 6.54 Å². The van der Waals surface area contributed by atoms with Gasteiger partial charge in [-0.2, -0.15) is 10.1 Å². The summed E-state index contributed by atoms with van der Waals surface area (Å²) in [6, 6.07) is 4.01. The lowest BCUT2D eigenvalue weighted by atomic mass is 10.2. The number of aromatic nitrogens is 7. The van der Waals surface area contributed by atoms with Gasteiger partial charge < -0.3 is 10.5 Å². The minimum absolute atomic E-state index is 0.151. The average molecular weight is 473 g/mol. The third-order valence-corrected chi connectivity index (χ3v) is 5.94. The van der Waals surface area contributed by atoms with Gasteiger partial charge in [-0.1, -0.05) is 11.6 Å². The number of nitrogens with two attached hydrogens (primary N) is 1. The minimum Gasteiger partial charge on any atom is -0.475 e. The van der Waals surface area contributed by atoms with Crippen molar-refractivity contribution in [2.45, 2.75) is 45.6 Å². The van der Waals surface area contributed by atoms with Crippen molar-refractivity contribution in [3.63, 3.8) is 0 Å². The molecule has 166 valence electrons. The molecule has 0 aromatic carbocycles. The highest BCUT2D eigenvalue weighted by Crippen LogP contribution is 2.46. The summed E-state index contributed by atoms with van der Waals surface area (Å²) in [7, 11) is 0. The van der Waals surface area contributed by atoms with E-state index in [0.717, 1.165) is 35.6 Å². The average Bonchev–Trinajstić information content (AvgIpc) is 3.47. The van der Waals surface area contributed by atoms with Crippen LogP contribution in [0.3, 0.4) is 0 Å². The molecule has 2 N–H and O–H groups in total. The van der Waals surface area contributed by atoms with Crippen molar-refractivity contribution in [3.05, 3.63) is 45.8 Å². The number of nitrogens with zero attached hydrogens (tertiary/aromatic N) is 7. The zero-order valence-electron chi connectivity index (χ0n) is 17.7. The summed E-state index contributed by atoms with van der Waals surface area (Å²) < 4.78 is 9.57. The Morgan fingerprint density at radius 2 is 1.97 bits per heavy atom. The fourth-order valence-corrected chi connectivity index (χ4v) is 4.16. The Morgan fingerprint density at radius 1 is 1.16 bits per heavy atom. The van der Waals surface area contributed by atoms with E-state index in [9.17, 15) is 0 Å². The van der Waals surface area contributed by atoms with Crippen LogP contribution in [0.2, 0.25) is 10.4 Å². The number of nitrogen functional groups attached to an aromatic ring is 1. The van der Waals surface area contributed by atoms with Crippen molar-refractivity contribution in [1.29, 1.82) is 0 Å². The number of anilines is 1. The Balaban J connectivity index is 1.33. The SMILES string of the molecule is Cc1ccc(-n2nc(OCCCn3nc(Cl)c4cnc(Cl)nc43)c(N)c2C2CC2)c(C)n1. The molecule has 4 aromatic rings. The molecule has 0 radical (unpaired) electrons. The zero-order valence-corrected chi connectivity index (χ0v) is 19.2. The second-order valence-electron chi connectivity index (χ2n) is 7.94. The van der Waals surface area contributed by atoms with Crippen molar-refractivity contribution in [2.24, 2.45) is 0 Å². The quantitative estimate of drug-likeness (QED) is 0.316. The Labute approximate surface area is 194 Å². The summed E-state index contributed by atoms with van der Waals surface area (Å²) in [5, 5.41) is 10.2. The molecule has 4 heterocycles. The first-order valence-electron chi connectivity index (χ1n) is 10.4. The summed E-state index contributed by atoms with van der Waals surface area (Å²) in [4.78, 5) is 12.7. The summed E-state index contributed by atoms with van der Waals surface area (Å²) in [6.45, 7) is 4.91. The van der Waals surface area contributed by atoms with Crippen LogP contribution >= 0.6 is 23.2 Å². The Kier molecular flexibility index (Phi) is 5.38. The first-order valence-corrected chi connectivity index (χ1v) is 11.2. The molecule has 4 aromatic heterocycles. The molecule has 0 bridgehead atoms. The monoisotopic (exact) mass is 472 g/mol. The zero-order chi connectivity index (χ0) is 22.4. The van der Waals surface area contributed by atoms with E-state index in [1.165, 1.54) is 0 Å². The highest BCUT2D eigenvalue weighted by Gasteiger charge is 2.33. The first-order chi connectivity index (χ1) is 15.4. The van der Waals surface area contributed by atoms with Crippen molar-refractivity contribution in [2.75, 3.05) is 12.3 Å². The van der Waals surface area contributed by atoms with Gasteiger partial charge in [0.2, 0.25) is 5.28 Å². The number of ether oxygens (including phenoxy) is 1. The van der Waals surface area contributed by atoms with E-state index in [1.807, 2.05) is 30.7 Å². The third-order valence-electron chi connectivity index (χ3n) is 5.48. The number of aryl methyl sites for hydroxylation is 3. The first kappa shape index (κ1) is 21.0. The van der Waals surface area contributed by atoms with Crippen LogP contribution in [0.15, 0.2) is 18.3 Å². The van der Waals surface area contributed by atoms with E-state index in [-0.39, 0.29) is 5.28 Å². The van der Waals surface area contributed by atoms with Gasteiger partial charge in [0.05, 0.1) is 29.1 Å². The van der Waals surface area contributed by atoms with Crippen LogP contribution in [0.25, 0.3) is 16.7 Å². The topological polar surface area (TPSA) is 110 Å². The Morgan fingerprint density at radius 3 is 2.72 bits per heavy atom. The smallest absolute Gasteiger partial charge is 0.257 e. The lowest BCUT2D eigenvalue weighted by Crippen LogP contribution is -2.08. The van der Waals surface area contributed by atoms with Gasteiger partial charge in [-0.3, -0.25) is 4.98 Å². The summed E-state index contributed by atoms with van der Waals surface area (Å²) in [6.07, 6.45) is 4.43. The van der Waals surface area contributed by atoms with Crippen LogP contribution in [-0.4, -0.2) is 41.1 Å². The molecule has 9 nitrogen and oxygen atoms in total. The highest BCUT2D eigenvalue weighted by atomic mass is 35.5. The maximum atomic E-state index is 6.45. The normalized spacial score (nSPS) is 13.8. The molecule has 0 amide bonds. The number of rotatable bonds is 7. The molecule has 1 aliphatic rings. The molecule has 1 fully saturated rings. The maximum absolute atomic E-state index is 6.45. The van der Waals surface area contributed by atoms with Crippen molar-refractivity contribution in [3.8, 4) is 11.6 Å². The predicted molar refractivity (Wildman–Crippen MR) is 123 cm³/mol. The maximum Gasteiger partial charge on any atom is 0.257 e. The highest BCUT2D eigenvalue weighted by molar-refractivity contribution is 6.34. The van der Waals surface area contributed by atoms with Crippen molar-refractivity contribution in [1.82, 2.24) is 34.5 Å². The molecule has 1 aliphatic carbocycles. The van der Waals surface area contributed by atoms with E-state index >= 15 is 0 Å². The molecule has 1 saturated carbocycles. The van der Waals surface area contributed by atoms with Gasteiger partial charge in [0, 0.05) is 30.8 Å². The van der Waals surface area contributed by atoms with Gasteiger partial charge in [-0.05, 0) is 50.4 Å². The molecule has 0 saturated heterocycles. The van der Waals surface area contributed by atoms with E-state index in [1.54, 1.807) is 10.9 Å². The molecule has 0 atom stereocenters. The number of pyridine rings is 1. The second-order valence-corrected chi connectivity index (χ2v) is 8.64. The fourth-order valence-electron chi connectivity index (χ4n) is 3.81. The van der Waals surface area contributed by atoms with Crippen molar-refractivity contribution < 1.29 is 4.74 Å². The second kappa shape index (κ2) is 8.22. The van der Waals surface area contributed by atoms with Crippen LogP contribution < -0.4 is 10.5 Å². The molecule has 5 rings (SSSR count). The van der Waals surface area contributed by atoms with Gasteiger partial charge in [0.1, 0.15) is 5.69 Å². The van der Waals surface area contributed by atoms with Gasteiger partial charge in [0.25, 0.3) is 5.88 Å². The van der Waals surface area contributed by atoms with Gasteiger partial charge in [0.15, 0.2) is 10.8 Å². The summed E-state index contributed by atoms with van der Waals surface area (Å²) >= 11 is 12.1. The number of halogens is 2. The lowest BCUT2D eigenvalue weighted by molar-refractivity contribution is 0.288. The Bertz CT molecular complexity index is 1310. The standard InChI is InChI=1S/C21H22Cl2N8O/c1-11-4-7-15(12(2)26-11)31-17(13-5-6-13)16(24)20(29-31)32-9-3-8-30-19-14(18(22)28-30)10-25-21(23)27-19/h4,7,10,13H,3,5-6,8-9,24H2,1-2H3. The van der Waals surface area contributed by atoms with E-state index in [2.05, 4.69) is 25.1 Å². The minimum atomic E-state index is 0.151. The summed E-state index contributed by atoms with van der Waals surface area (Å²) in [5.41, 5.74) is 11.4. The molecular formula is C21H22Cl2N8O. The van der Waals surface area contributed by atoms with Crippen molar-refractivity contribution >= 4 is 39.9 Å². The van der Waals surface area contributed by atoms with Crippen LogP contribution in [0.4, 0.5) is 5.69 Å². The summed E-state index contributed by atoms with van der Waals surface area (Å²) in [5.74, 6) is 0.850. The Hall–Kier alpha value is -2.91.